The van der Waals surface area contributed by atoms with Gasteiger partial charge in [0.1, 0.15) is 5.65 Å². The first kappa shape index (κ1) is 9.89. The van der Waals surface area contributed by atoms with Crippen molar-refractivity contribution in [3.63, 3.8) is 0 Å². The Labute approximate surface area is 85.1 Å². The number of ether oxygens (including phenoxy) is 1. The van der Waals surface area contributed by atoms with Crippen LogP contribution in [0.25, 0.3) is 11.0 Å². The molecule has 3 nitrogen and oxygen atoms in total. The minimum absolute atomic E-state index is 0.00227. The molecule has 0 bridgehead atoms. The lowest BCUT2D eigenvalue weighted by molar-refractivity contribution is -0.0532. The van der Waals surface area contributed by atoms with Gasteiger partial charge in [0.25, 0.3) is 0 Å². The SMILES string of the molecule is CCc1cc2cc[nH]c2nc1OC(F)F. The topological polar surface area (TPSA) is 37.9 Å². The van der Waals surface area contributed by atoms with Crippen molar-refractivity contribution >= 4 is 11.0 Å². The number of halogens is 2. The predicted molar refractivity (Wildman–Crippen MR) is 52.1 cm³/mol. The van der Waals surface area contributed by atoms with E-state index in [1.807, 2.05) is 13.0 Å². The summed E-state index contributed by atoms with van der Waals surface area (Å²) in [5.41, 5.74) is 1.24. The Morgan fingerprint density at radius 3 is 3.00 bits per heavy atom. The van der Waals surface area contributed by atoms with Crippen molar-refractivity contribution in [3.05, 3.63) is 23.9 Å². The van der Waals surface area contributed by atoms with Gasteiger partial charge >= 0.3 is 6.61 Å². The molecule has 0 aromatic carbocycles. The zero-order valence-electron chi connectivity index (χ0n) is 8.13. The smallest absolute Gasteiger partial charge is 0.388 e. The molecule has 0 saturated heterocycles. The molecule has 2 heterocycles. The molecule has 1 N–H and O–H groups in total. The molecule has 0 spiro atoms. The highest BCUT2D eigenvalue weighted by Crippen LogP contribution is 2.23. The number of aromatic nitrogens is 2. The van der Waals surface area contributed by atoms with E-state index in [9.17, 15) is 8.78 Å². The zero-order chi connectivity index (χ0) is 10.8. The van der Waals surface area contributed by atoms with Crippen LogP contribution < -0.4 is 4.74 Å². The Hall–Kier alpha value is -1.65. The Bertz CT molecular complexity index is 467. The predicted octanol–water partition coefficient (Wildman–Crippen LogP) is 2.73. The van der Waals surface area contributed by atoms with Crippen molar-refractivity contribution in [1.82, 2.24) is 9.97 Å². The molecular weight excluding hydrogens is 202 g/mol. The Morgan fingerprint density at radius 2 is 2.33 bits per heavy atom. The van der Waals surface area contributed by atoms with Gasteiger partial charge in [-0.1, -0.05) is 6.92 Å². The quantitative estimate of drug-likeness (QED) is 0.849. The second kappa shape index (κ2) is 3.84. The molecule has 0 saturated carbocycles. The maximum absolute atomic E-state index is 12.1. The lowest BCUT2D eigenvalue weighted by Crippen LogP contribution is -2.06. The van der Waals surface area contributed by atoms with Gasteiger partial charge in [-0.15, -0.1) is 0 Å². The van der Waals surface area contributed by atoms with Crippen LogP contribution in [0.1, 0.15) is 12.5 Å². The zero-order valence-corrected chi connectivity index (χ0v) is 8.13. The third kappa shape index (κ3) is 1.91. The summed E-state index contributed by atoms with van der Waals surface area (Å²) in [6.45, 7) is -0.969. The van der Waals surface area contributed by atoms with E-state index in [2.05, 4.69) is 14.7 Å². The molecule has 0 unspecified atom stereocenters. The van der Waals surface area contributed by atoms with E-state index < -0.39 is 6.61 Å². The third-order valence-electron chi connectivity index (χ3n) is 2.16. The highest BCUT2D eigenvalue weighted by molar-refractivity contribution is 5.77. The summed E-state index contributed by atoms with van der Waals surface area (Å²) in [6, 6.07) is 3.64. The summed E-state index contributed by atoms with van der Waals surface area (Å²) >= 11 is 0. The second-order valence-electron chi connectivity index (χ2n) is 3.10. The maximum atomic E-state index is 12.1. The molecular formula is C10H10F2N2O. The van der Waals surface area contributed by atoms with Gasteiger partial charge in [-0.25, -0.2) is 0 Å². The largest absolute Gasteiger partial charge is 0.417 e. The average molecular weight is 212 g/mol. The van der Waals surface area contributed by atoms with E-state index in [1.165, 1.54) is 0 Å². The lowest BCUT2D eigenvalue weighted by atomic mass is 10.2. The van der Waals surface area contributed by atoms with Gasteiger partial charge in [-0.05, 0) is 18.6 Å². The number of aromatic amines is 1. The minimum Gasteiger partial charge on any atom is -0.417 e. The summed E-state index contributed by atoms with van der Waals surface area (Å²) in [5, 5.41) is 0.897. The molecule has 0 aliphatic heterocycles. The van der Waals surface area contributed by atoms with Crippen LogP contribution in [0.4, 0.5) is 8.78 Å². The number of H-pyrrole nitrogens is 1. The van der Waals surface area contributed by atoms with E-state index in [1.54, 1.807) is 12.3 Å². The first-order valence-electron chi connectivity index (χ1n) is 4.62. The number of nitrogens with zero attached hydrogens (tertiary/aromatic N) is 1. The van der Waals surface area contributed by atoms with Crippen LogP contribution in [0, 0.1) is 0 Å². The van der Waals surface area contributed by atoms with E-state index in [0.29, 0.717) is 17.6 Å². The van der Waals surface area contributed by atoms with E-state index in [-0.39, 0.29) is 5.88 Å². The van der Waals surface area contributed by atoms with Crippen LogP contribution in [0.5, 0.6) is 5.88 Å². The van der Waals surface area contributed by atoms with Gasteiger partial charge in [0.2, 0.25) is 5.88 Å². The van der Waals surface area contributed by atoms with Crippen LogP contribution >= 0.6 is 0 Å². The number of nitrogens with one attached hydrogen (secondary N) is 1. The summed E-state index contributed by atoms with van der Waals surface area (Å²) < 4.78 is 28.5. The summed E-state index contributed by atoms with van der Waals surface area (Å²) in [4.78, 5) is 6.84. The van der Waals surface area contributed by atoms with Crippen molar-refractivity contribution in [2.45, 2.75) is 20.0 Å². The molecule has 80 valence electrons. The lowest BCUT2D eigenvalue weighted by Gasteiger charge is -2.07. The average Bonchev–Trinajstić information content (AvgIpc) is 2.62. The van der Waals surface area contributed by atoms with Crippen LogP contribution in [0.15, 0.2) is 18.3 Å². The molecule has 0 amide bonds. The minimum atomic E-state index is -2.84. The molecule has 15 heavy (non-hydrogen) atoms. The summed E-state index contributed by atoms with van der Waals surface area (Å²) in [7, 11) is 0. The van der Waals surface area contributed by atoms with Crippen molar-refractivity contribution in [2.75, 3.05) is 0 Å². The second-order valence-corrected chi connectivity index (χ2v) is 3.10. The summed E-state index contributed by atoms with van der Waals surface area (Å²) in [6.07, 6.45) is 2.32. The van der Waals surface area contributed by atoms with Crippen molar-refractivity contribution in [2.24, 2.45) is 0 Å². The van der Waals surface area contributed by atoms with Gasteiger partial charge in [-0.2, -0.15) is 13.8 Å². The van der Waals surface area contributed by atoms with Crippen LogP contribution in [0.3, 0.4) is 0 Å². The van der Waals surface area contributed by atoms with Crippen LogP contribution in [0.2, 0.25) is 0 Å². The van der Waals surface area contributed by atoms with Crippen LogP contribution in [-0.2, 0) is 6.42 Å². The highest BCUT2D eigenvalue weighted by atomic mass is 19.3. The monoisotopic (exact) mass is 212 g/mol. The van der Waals surface area contributed by atoms with E-state index in [4.69, 9.17) is 0 Å². The first-order chi connectivity index (χ1) is 7.20. The van der Waals surface area contributed by atoms with Gasteiger partial charge in [0.15, 0.2) is 0 Å². The first-order valence-corrected chi connectivity index (χ1v) is 4.62. The molecule has 0 atom stereocenters. The highest BCUT2D eigenvalue weighted by Gasteiger charge is 2.11. The summed E-state index contributed by atoms with van der Waals surface area (Å²) in [5.74, 6) is 0.00227. The Kier molecular flexibility index (Phi) is 2.53. The molecule has 0 fully saturated rings. The molecule has 5 heteroatoms. The number of hydrogen-bond donors (Lipinski definition) is 1. The van der Waals surface area contributed by atoms with Gasteiger partial charge in [0, 0.05) is 17.1 Å². The molecule has 2 aromatic heterocycles. The fourth-order valence-corrected chi connectivity index (χ4v) is 1.45. The molecule has 0 radical (unpaired) electrons. The van der Waals surface area contributed by atoms with Gasteiger partial charge in [0.05, 0.1) is 0 Å². The van der Waals surface area contributed by atoms with E-state index in [0.717, 1.165) is 5.39 Å². The van der Waals surface area contributed by atoms with Crippen LogP contribution in [-0.4, -0.2) is 16.6 Å². The molecule has 0 aliphatic rings. The number of aryl methyl sites for hydroxylation is 1. The number of pyridine rings is 1. The molecule has 0 aliphatic carbocycles. The fraction of sp³-hybridized carbons (Fsp3) is 0.300. The fourth-order valence-electron chi connectivity index (χ4n) is 1.45. The maximum Gasteiger partial charge on any atom is 0.388 e. The molecule has 2 rings (SSSR count). The van der Waals surface area contributed by atoms with Crippen molar-refractivity contribution < 1.29 is 13.5 Å². The van der Waals surface area contributed by atoms with Gasteiger partial charge < -0.3 is 9.72 Å². The van der Waals surface area contributed by atoms with Crippen molar-refractivity contribution in [3.8, 4) is 5.88 Å². The standard InChI is InChI=1S/C10H10F2N2O/c1-2-6-5-7-3-4-13-8(7)14-9(6)15-10(11)12/h3-5,10H,2H2,1H3,(H,13,14). The third-order valence-corrected chi connectivity index (χ3v) is 2.16. The number of fused-ring (bicyclic) bond motifs is 1. The normalized spacial score (nSPS) is 11.2. The number of rotatable bonds is 3. The molecule has 2 aromatic rings. The van der Waals surface area contributed by atoms with Crippen molar-refractivity contribution in [1.29, 1.82) is 0 Å². The Balaban J connectivity index is 2.49. The van der Waals surface area contributed by atoms with Gasteiger partial charge in [-0.3, -0.25) is 0 Å². The number of alkyl halides is 2. The number of hydrogen-bond acceptors (Lipinski definition) is 2. The Morgan fingerprint density at radius 1 is 1.53 bits per heavy atom. The van der Waals surface area contributed by atoms with E-state index >= 15 is 0 Å².